The van der Waals surface area contributed by atoms with Gasteiger partial charge in [0.1, 0.15) is 0 Å². The van der Waals surface area contributed by atoms with Gasteiger partial charge in [0.05, 0.1) is 17.3 Å². The lowest BCUT2D eigenvalue weighted by atomic mass is 9.96. The first kappa shape index (κ1) is 12.1. The molecule has 0 aromatic carbocycles. The average molecular weight is 265 g/mol. The van der Waals surface area contributed by atoms with E-state index < -0.39 is 0 Å². The molecular weight excluding hydrogens is 246 g/mol. The number of rotatable bonds is 2. The summed E-state index contributed by atoms with van der Waals surface area (Å²) in [5.74, 6) is 1.38. The van der Waals surface area contributed by atoms with E-state index in [1.54, 1.807) is 6.33 Å². The quantitative estimate of drug-likeness (QED) is 0.855. The number of H-pyrrole nitrogens is 1. The van der Waals surface area contributed by atoms with Gasteiger partial charge in [0.15, 0.2) is 0 Å². The van der Waals surface area contributed by atoms with Crippen LogP contribution >= 0.6 is 11.8 Å². The summed E-state index contributed by atoms with van der Waals surface area (Å²) in [4.78, 5) is 19.6. The van der Waals surface area contributed by atoms with Gasteiger partial charge in [-0.25, -0.2) is 4.98 Å². The Hall–Kier alpha value is -0.970. The second-order valence-corrected chi connectivity index (χ2v) is 6.44. The van der Waals surface area contributed by atoms with E-state index in [-0.39, 0.29) is 17.2 Å². The molecule has 1 amide bonds. The Morgan fingerprint density at radius 2 is 2.39 bits per heavy atom. The fraction of sp³-hybridized carbons (Fsp3) is 0.692. The van der Waals surface area contributed by atoms with Crippen LogP contribution in [0.25, 0.3) is 0 Å². The Bertz CT molecular complexity index is 426. The van der Waals surface area contributed by atoms with Gasteiger partial charge in [0, 0.05) is 18.2 Å². The number of aromatic amines is 1. The predicted molar refractivity (Wildman–Crippen MR) is 72.6 cm³/mol. The number of hydrogen-bond donors (Lipinski definition) is 2. The third-order valence-electron chi connectivity index (χ3n) is 3.81. The van der Waals surface area contributed by atoms with Crippen LogP contribution in [0, 0.1) is 0 Å². The number of aryl methyl sites for hydroxylation is 1. The van der Waals surface area contributed by atoms with Crippen LogP contribution < -0.4 is 5.32 Å². The zero-order chi connectivity index (χ0) is 12.4. The Balaban J connectivity index is 1.56. The van der Waals surface area contributed by atoms with Gasteiger partial charge in [-0.2, -0.15) is 0 Å². The molecule has 1 aromatic heterocycles. The average Bonchev–Trinajstić information content (AvgIpc) is 2.87. The molecule has 0 spiro atoms. The third-order valence-corrected chi connectivity index (χ3v) is 5.18. The van der Waals surface area contributed by atoms with E-state index >= 15 is 0 Å². The second-order valence-electron chi connectivity index (χ2n) is 5.13. The minimum absolute atomic E-state index is 0.182. The monoisotopic (exact) mass is 265 g/mol. The first-order chi connectivity index (χ1) is 8.83. The SMILES string of the molecule is O=C(NC1CCc2nc[nH]c2C1)C1CCCCS1. The molecule has 0 radical (unpaired) electrons. The number of imidazole rings is 1. The maximum absolute atomic E-state index is 12.2. The third kappa shape index (κ3) is 2.55. The highest BCUT2D eigenvalue weighted by atomic mass is 32.2. The first-order valence-electron chi connectivity index (χ1n) is 6.76. The Labute approximate surface area is 111 Å². The van der Waals surface area contributed by atoms with Crippen LogP contribution in [0.5, 0.6) is 0 Å². The molecule has 0 bridgehead atoms. The van der Waals surface area contributed by atoms with Crippen LogP contribution in [0.15, 0.2) is 6.33 Å². The summed E-state index contributed by atoms with van der Waals surface area (Å²) in [5, 5.41) is 3.39. The summed E-state index contributed by atoms with van der Waals surface area (Å²) in [5.41, 5.74) is 2.37. The molecular formula is C13H19N3OS. The molecule has 1 saturated heterocycles. The number of hydrogen-bond acceptors (Lipinski definition) is 3. The van der Waals surface area contributed by atoms with Gasteiger partial charge in [-0.1, -0.05) is 6.42 Å². The van der Waals surface area contributed by atoms with Crippen molar-refractivity contribution in [3.05, 3.63) is 17.7 Å². The van der Waals surface area contributed by atoms with Crippen LogP contribution in [-0.2, 0) is 17.6 Å². The molecule has 3 rings (SSSR count). The highest BCUT2D eigenvalue weighted by Gasteiger charge is 2.26. The van der Waals surface area contributed by atoms with Crippen molar-refractivity contribution in [1.82, 2.24) is 15.3 Å². The molecule has 1 aliphatic carbocycles. The maximum Gasteiger partial charge on any atom is 0.233 e. The van der Waals surface area contributed by atoms with Crippen molar-refractivity contribution in [2.24, 2.45) is 0 Å². The Kier molecular flexibility index (Phi) is 3.59. The number of nitrogens with zero attached hydrogens (tertiary/aromatic N) is 1. The minimum atomic E-state index is 0.182. The predicted octanol–water partition coefficient (Wildman–Crippen LogP) is 1.67. The van der Waals surface area contributed by atoms with Gasteiger partial charge < -0.3 is 10.3 Å². The lowest BCUT2D eigenvalue weighted by Gasteiger charge is -2.26. The fourth-order valence-electron chi connectivity index (χ4n) is 2.77. The normalized spacial score (nSPS) is 27.6. The summed E-state index contributed by atoms with van der Waals surface area (Å²) in [6, 6.07) is 0.285. The van der Waals surface area contributed by atoms with E-state index in [1.165, 1.54) is 24.2 Å². The van der Waals surface area contributed by atoms with E-state index in [1.807, 2.05) is 11.8 Å². The summed E-state index contributed by atoms with van der Waals surface area (Å²) < 4.78 is 0. The molecule has 1 fully saturated rings. The number of aromatic nitrogens is 2. The van der Waals surface area contributed by atoms with Crippen molar-refractivity contribution in [2.75, 3.05) is 5.75 Å². The number of thioether (sulfide) groups is 1. The summed E-state index contributed by atoms with van der Waals surface area (Å²) in [6.45, 7) is 0. The number of fused-ring (bicyclic) bond motifs is 1. The number of carbonyl (C=O) groups excluding carboxylic acids is 1. The number of nitrogens with one attached hydrogen (secondary N) is 2. The molecule has 1 aliphatic heterocycles. The molecule has 2 atom stereocenters. The molecule has 0 saturated carbocycles. The van der Waals surface area contributed by atoms with E-state index in [4.69, 9.17) is 0 Å². The Morgan fingerprint density at radius 1 is 1.44 bits per heavy atom. The molecule has 2 unspecified atom stereocenters. The van der Waals surface area contributed by atoms with Gasteiger partial charge in [0.25, 0.3) is 0 Å². The van der Waals surface area contributed by atoms with Crippen molar-refractivity contribution < 1.29 is 4.79 Å². The van der Waals surface area contributed by atoms with E-state index in [2.05, 4.69) is 15.3 Å². The van der Waals surface area contributed by atoms with Gasteiger partial charge in [0.2, 0.25) is 5.91 Å². The summed E-state index contributed by atoms with van der Waals surface area (Å²) >= 11 is 1.81. The van der Waals surface area contributed by atoms with Gasteiger partial charge in [-0.15, -0.1) is 11.8 Å². The molecule has 98 valence electrons. The largest absolute Gasteiger partial charge is 0.352 e. The van der Waals surface area contributed by atoms with E-state index in [0.29, 0.717) is 0 Å². The lowest BCUT2D eigenvalue weighted by Crippen LogP contribution is -2.43. The summed E-state index contributed by atoms with van der Waals surface area (Å²) in [7, 11) is 0. The number of carbonyl (C=O) groups is 1. The van der Waals surface area contributed by atoms with Gasteiger partial charge in [-0.3, -0.25) is 4.79 Å². The fourth-order valence-corrected chi connectivity index (χ4v) is 3.97. The standard InChI is InChI=1S/C13H19N3OS/c17-13(12-3-1-2-6-18-12)16-9-4-5-10-11(7-9)15-8-14-10/h8-9,12H,1-7H2,(H,14,15)(H,16,17). The van der Waals surface area contributed by atoms with Gasteiger partial charge in [-0.05, 0) is 31.4 Å². The minimum Gasteiger partial charge on any atom is -0.352 e. The molecule has 1 aromatic rings. The van der Waals surface area contributed by atoms with Crippen LogP contribution in [0.1, 0.15) is 37.1 Å². The topological polar surface area (TPSA) is 57.8 Å². The van der Waals surface area contributed by atoms with Crippen LogP contribution in [0.4, 0.5) is 0 Å². The van der Waals surface area contributed by atoms with Crippen LogP contribution in [-0.4, -0.2) is 32.9 Å². The maximum atomic E-state index is 12.2. The number of amides is 1. The van der Waals surface area contributed by atoms with Crippen molar-refractivity contribution >= 4 is 17.7 Å². The molecule has 2 aliphatic rings. The first-order valence-corrected chi connectivity index (χ1v) is 7.81. The van der Waals surface area contributed by atoms with Crippen molar-refractivity contribution in [3.63, 3.8) is 0 Å². The van der Waals surface area contributed by atoms with E-state index in [9.17, 15) is 4.79 Å². The second kappa shape index (κ2) is 5.34. The van der Waals surface area contributed by atoms with Crippen LogP contribution in [0.3, 0.4) is 0 Å². The molecule has 2 heterocycles. The smallest absolute Gasteiger partial charge is 0.233 e. The lowest BCUT2D eigenvalue weighted by molar-refractivity contribution is -0.121. The van der Waals surface area contributed by atoms with Crippen molar-refractivity contribution in [1.29, 1.82) is 0 Å². The highest BCUT2D eigenvalue weighted by molar-refractivity contribution is 8.00. The summed E-state index contributed by atoms with van der Waals surface area (Å²) in [6.07, 6.45) is 8.14. The molecule has 18 heavy (non-hydrogen) atoms. The zero-order valence-electron chi connectivity index (χ0n) is 10.4. The molecule has 5 heteroatoms. The zero-order valence-corrected chi connectivity index (χ0v) is 11.3. The van der Waals surface area contributed by atoms with Gasteiger partial charge >= 0.3 is 0 Å². The Morgan fingerprint density at radius 3 is 3.22 bits per heavy atom. The van der Waals surface area contributed by atoms with Crippen LogP contribution in [0.2, 0.25) is 0 Å². The van der Waals surface area contributed by atoms with E-state index in [0.717, 1.165) is 31.4 Å². The van der Waals surface area contributed by atoms with Crippen molar-refractivity contribution in [3.8, 4) is 0 Å². The highest BCUT2D eigenvalue weighted by Crippen LogP contribution is 2.26. The van der Waals surface area contributed by atoms with Crippen molar-refractivity contribution in [2.45, 2.75) is 49.8 Å². The molecule has 4 nitrogen and oxygen atoms in total. The molecule has 2 N–H and O–H groups in total.